The van der Waals surface area contributed by atoms with Crippen molar-refractivity contribution >= 4 is 11.0 Å². The minimum Gasteiger partial charge on any atom is -0.356 e. The Labute approximate surface area is 71.8 Å². The zero-order valence-electron chi connectivity index (χ0n) is 7.46. The van der Waals surface area contributed by atoms with Crippen LogP contribution in [-0.2, 0) is 13.5 Å². The molecule has 0 aliphatic heterocycles. The third-order valence-electron chi connectivity index (χ3n) is 2.27. The lowest BCUT2D eigenvalue weighted by atomic mass is 10.2. The fraction of sp³-hybridized carbons (Fsp3) is 0.300. The summed E-state index contributed by atoms with van der Waals surface area (Å²) < 4.78 is 2.16. The molecule has 0 saturated carbocycles. The van der Waals surface area contributed by atoms with E-state index in [4.69, 9.17) is 0 Å². The van der Waals surface area contributed by atoms with Gasteiger partial charge in [0.05, 0.1) is 0 Å². The van der Waals surface area contributed by atoms with Crippen LogP contribution in [0.1, 0.15) is 12.5 Å². The summed E-state index contributed by atoms with van der Waals surface area (Å²) in [5.41, 5.74) is 3.92. The van der Waals surface area contributed by atoms with Crippen LogP contribution in [0.25, 0.3) is 11.0 Å². The predicted molar refractivity (Wildman–Crippen MR) is 48.9 cm³/mol. The lowest BCUT2D eigenvalue weighted by Gasteiger charge is -1.91. The first-order valence-electron chi connectivity index (χ1n) is 4.27. The largest absolute Gasteiger partial charge is 0.356 e. The van der Waals surface area contributed by atoms with E-state index in [2.05, 4.69) is 48.0 Å². The monoisotopic (exact) mass is 161 g/mol. The molecule has 2 aromatic rings. The maximum Gasteiger partial charge on any atom is 0.233 e. The zero-order valence-corrected chi connectivity index (χ0v) is 7.46. The van der Waals surface area contributed by atoms with Crippen molar-refractivity contribution in [3.63, 3.8) is 0 Å². The van der Waals surface area contributed by atoms with Gasteiger partial charge in [0, 0.05) is 17.8 Å². The molecule has 2 nitrogen and oxygen atoms in total. The number of hydrogen-bond acceptors (Lipinski definition) is 0. The van der Waals surface area contributed by atoms with Crippen molar-refractivity contribution in [2.45, 2.75) is 13.3 Å². The first-order valence-corrected chi connectivity index (χ1v) is 4.27. The second kappa shape index (κ2) is 2.63. The molecule has 1 N–H and O–H groups in total. The molecule has 0 bridgehead atoms. The average molecular weight is 161 g/mol. The van der Waals surface area contributed by atoms with E-state index >= 15 is 0 Å². The normalized spacial score (nSPS) is 10.8. The van der Waals surface area contributed by atoms with Gasteiger partial charge in [-0.15, -0.1) is 0 Å². The van der Waals surface area contributed by atoms with Gasteiger partial charge in [-0.1, -0.05) is 6.92 Å². The van der Waals surface area contributed by atoms with Crippen molar-refractivity contribution in [1.82, 2.24) is 4.98 Å². The number of hydrogen-bond donors (Lipinski definition) is 1. The first-order chi connectivity index (χ1) is 5.83. The fourth-order valence-electron chi connectivity index (χ4n) is 1.63. The number of nitrogens with one attached hydrogen (secondary N) is 1. The Hall–Kier alpha value is -1.31. The highest BCUT2D eigenvalue weighted by atomic mass is 14.9. The number of pyridine rings is 1. The van der Waals surface area contributed by atoms with E-state index in [1.54, 1.807) is 0 Å². The third kappa shape index (κ3) is 0.916. The molecule has 0 amide bonds. The molecule has 62 valence electrons. The molecule has 2 heterocycles. The molecule has 0 atom stereocenters. The van der Waals surface area contributed by atoms with Gasteiger partial charge in [-0.05, 0) is 12.5 Å². The summed E-state index contributed by atoms with van der Waals surface area (Å²) in [6.45, 7) is 2.18. The van der Waals surface area contributed by atoms with Gasteiger partial charge in [0.15, 0.2) is 6.20 Å². The van der Waals surface area contributed by atoms with Crippen LogP contribution in [0.15, 0.2) is 24.5 Å². The Bertz CT molecular complexity index is 401. The van der Waals surface area contributed by atoms with Gasteiger partial charge in [-0.3, -0.25) is 0 Å². The topological polar surface area (TPSA) is 19.7 Å². The smallest absolute Gasteiger partial charge is 0.233 e. The molecule has 0 radical (unpaired) electrons. The van der Waals surface area contributed by atoms with Gasteiger partial charge in [-0.25, -0.2) is 0 Å². The Morgan fingerprint density at radius 1 is 1.50 bits per heavy atom. The standard InChI is InChI=1S/C10H12N2/c1-3-8-7-11-9-5-4-6-12(2)10(8)9/h4-7H,3H2,1-2H3/p+1. The Balaban J connectivity index is 2.83. The molecule has 0 fully saturated rings. The van der Waals surface area contributed by atoms with E-state index < -0.39 is 0 Å². The highest BCUT2D eigenvalue weighted by Crippen LogP contribution is 2.13. The minimum atomic E-state index is 1.08. The van der Waals surface area contributed by atoms with Crippen LogP contribution in [0, 0.1) is 0 Å². The van der Waals surface area contributed by atoms with Crippen LogP contribution < -0.4 is 4.57 Å². The van der Waals surface area contributed by atoms with Crippen LogP contribution >= 0.6 is 0 Å². The first kappa shape index (κ1) is 7.35. The number of nitrogens with zero attached hydrogens (tertiary/aromatic N) is 1. The third-order valence-corrected chi connectivity index (χ3v) is 2.27. The maximum atomic E-state index is 3.26. The Morgan fingerprint density at radius 2 is 2.33 bits per heavy atom. The number of H-pyrrole nitrogens is 1. The van der Waals surface area contributed by atoms with E-state index in [1.165, 1.54) is 16.6 Å². The lowest BCUT2D eigenvalue weighted by Crippen LogP contribution is -2.28. The quantitative estimate of drug-likeness (QED) is 0.612. The van der Waals surface area contributed by atoms with Gasteiger partial charge >= 0.3 is 0 Å². The van der Waals surface area contributed by atoms with Crippen LogP contribution in [0.2, 0.25) is 0 Å². The van der Waals surface area contributed by atoms with Gasteiger partial charge < -0.3 is 4.98 Å². The Morgan fingerprint density at radius 3 is 3.08 bits per heavy atom. The van der Waals surface area contributed by atoms with Crippen molar-refractivity contribution in [3.05, 3.63) is 30.1 Å². The summed E-state index contributed by atoms with van der Waals surface area (Å²) in [5.74, 6) is 0. The molecular formula is C10H13N2+. The molecule has 2 heteroatoms. The summed E-state index contributed by atoms with van der Waals surface area (Å²) in [6.07, 6.45) is 5.25. The lowest BCUT2D eigenvalue weighted by molar-refractivity contribution is -0.645. The summed E-state index contributed by atoms with van der Waals surface area (Å²) in [7, 11) is 2.08. The van der Waals surface area contributed by atoms with Crippen molar-refractivity contribution in [3.8, 4) is 0 Å². The molecule has 2 rings (SSSR count). The molecule has 12 heavy (non-hydrogen) atoms. The Kier molecular flexibility index (Phi) is 1.61. The van der Waals surface area contributed by atoms with Crippen LogP contribution in [0.4, 0.5) is 0 Å². The van der Waals surface area contributed by atoms with Crippen molar-refractivity contribution in [1.29, 1.82) is 0 Å². The molecule has 2 aromatic heterocycles. The van der Waals surface area contributed by atoms with Crippen LogP contribution in [-0.4, -0.2) is 4.98 Å². The van der Waals surface area contributed by atoms with Gasteiger partial charge in [0.25, 0.3) is 0 Å². The second-order valence-electron chi connectivity index (χ2n) is 3.05. The number of fused-ring (bicyclic) bond motifs is 1. The molecular weight excluding hydrogens is 148 g/mol. The van der Waals surface area contributed by atoms with Crippen molar-refractivity contribution < 1.29 is 4.57 Å². The predicted octanol–water partition coefficient (Wildman–Crippen LogP) is 1.55. The molecule has 0 aliphatic rings. The number of aromatic amines is 1. The summed E-state index contributed by atoms with van der Waals surface area (Å²) in [6, 6.07) is 4.16. The van der Waals surface area contributed by atoms with E-state index in [0.717, 1.165) is 6.42 Å². The minimum absolute atomic E-state index is 1.08. The van der Waals surface area contributed by atoms with Gasteiger partial charge in [0.1, 0.15) is 12.6 Å². The highest BCUT2D eigenvalue weighted by Gasteiger charge is 2.09. The van der Waals surface area contributed by atoms with E-state index in [-0.39, 0.29) is 0 Å². The average Bonchev–Trinajstić information content (AvgIpc) is 2.49. The van der Waals surface area contributed by atoms with E-state index in [1.807, 2.05) is 0 Å². The molecule has 0 unspecified atom stereocenters. The van der Waals surface area contributed by atoms with Gasteiger partial charge in [0.2, 0.25) is 5.52 Å². The highest BCUT2D eigenvalue weighted by molar-refractivity contribution is 5.75. The van der Waals surface area contributed by atoms with E-state index in [0.29, 0.717) is 0 Å². The summed E-state index contributed by atoms with van der Waals surface area (Å²) in [5, 5.41) is 0. The van der Waals surface area contributed by atoms with E-state index in [9.17, 15) is 0 Å². The number of aromatic nitrogens is 2. The number of rotatable bonds is 1. The molecule has 0 aliphatic carbocycles. The maximum absolute atomic E-state index is 3.26. The molecule has 0 spiro atoms. The van der Waals surface area contributed by atoms with Gasteiger partial charge in [-0.2, -0.15) is 4.57 Å². The van der Waals surface area contributed by atoms with Crippen LogP contribution in [0.3, 0.4) is 0 Å². The zero-order chi connectivity index (χ0) is 8.55. The van der Waals surface area contributed by atoms with Crippen LogP contribution in [0.5, 0.6) is 0 Å². The number of aryl methyl sites for hydroxylation is 2. The van der Waals surface area contributed by atoms with Crippen molar-refractivity contribution in [2.75, 3.05) is 0 Å². The summed E-state index contributed by atoms with van der Waals surface area (Å²) in [4.78, 5) is 3.26. The molecule has 0 saturated heterocycles. The second-order valence-corrected chi connectivity index (χ2v) is 3.05. The SMILES string of the molecule is CCc1c[nH]c2ccc[n+](C)c12. The fourth-order valence-corrected chi connectivity index (χ4v) is 1.63. The van der Waals surface area contributed by atoms with Crippen molar-refractivity contribution in [2.24, 2.45) is 7.05 Å². The molecule has 0 aromatic carbocycles. The summed E-state index contributed by atoms with van der Waals surface area (Å²) >= 11 is 0.